The van der Waals surface area contributed by atoms with Crippen LogP contribution in [-0.2, 0) is 24.1 Å². The van der Waals surface area contributed by atoms with E-state index < -0.39 is 11.7 Å². The lowest BCUT2D eigenvalue weighted by atomic mass is 10.1. The van der Waals surface area contributed by atoms with Crippen LogP contribution in [-0.4, -0.2) is 38.7 Å². The maximum absolute atomic E-state index is 12.9. The molecule has 0 unspecified atom stereocenters. The number of hydrogen-bond donors (Lipinski definition) is 2. The van der Waals surface area contributed by atoms with Crippen molar-refractivity contribution >= 4 is 23.1 Å². The number of alkyl halides is 3. The fourth-order valence-corrected chi connectivity index (χ4v) is 3.87. The predicted molar refractivity (Wildman–Crippen MR) is 118 cm³/mol. The van der Waals surface area contributed by atoms with E-state index in [9.17, 15) is 18.0 Å². The van der Waals surface area contributed by atoms with Gasteiger partial charge in [-0.05, 0) is 25.5 Å². The number of nitrogens with zero attached hydrogens (tertiary/aromatic N) is 5. The molecular weight excluding hydrogens is 435 g/mol. The van der Waals surface area contributed by atoms with E-state index in [2.05, 4.69) is 25.7 Å². The largest absolute Gasteiger partial charge is 0.416 e. The molecule has 2 N–H and O–H groups in total. The molecule has 0 radical (unpaired) electrons. The Morgan fingerprint density at radius 1 is 1.27 bits per heavy atom. The molecule has 0 bridgehead atoms. The second-order valence-electron chi connectivity index (χ2n) is 7.94. The minimum atomic E-state index is -4.41. The highest BCUT2D eigenvalue weighted by molar-refractivity contribution is 6.04. The summed E-state index contributed by atoms with van der Waals surface area (Å²) in [5, 5.41) is 10.4. The third-order valence-electron chi connectivity index (χ3n) is 5.59. The van der Waals surface area contributed by atoms with Crippen LogP contribution in [0.5, 0.6) is 0 Å². The highest BCUT2D eigenvalue weighted by Crippen LogP contribution is 2.35. The van der Waals surface area contributed by atoms with Gasteiger partial charge in [0.05, 0.1) is 41.1 Å². The maximum atomic E-state index is 12.9. The number of fused-ring (bicyclic) bond motifs is 1. The summed E-state index contributed by atoms with van der Waals surface area (Å²) in [6.45, 7) is 4.35. The van der Waals surface area contributed by atoms with E-state index in [1.807, 2.05) is 31.9 Å². The Morgan fingerprint density at radius 3 is 2.79 bits per heavy atom. The number of likely N-dealkylation sites (N-methyl/N-ethyl adjacent to an activating group) is 1. The molecule has 1 aliphatic rings. The predicted octanol–water partition coefficient (Wildman–Crippen LogP) is 3.83. The topological polar surface area (TPSA) is 88.0 Å². The van der Waals surface area contributed by atoms with Crippen LogP contribution in [0.3, 0.4) is 0 Å². The first-order valence-electron chi connectivity index (χ1n) is 10.5. The molecule has 3 aromatic rings. The molecule has 0 aromatic carbocycles. The summed E-state index contributed by atoms with van der Waals surface area (Å²) in [6.07, 6.45) is 0.818. The zero-order valence-corrected chi connectivity index (χ0v) is 18.4. The van der Waals surface area contributed by atoms with E-state index >= 15 is 0 Å². The number of carbonyl (C=O) groups excluding carboxylic acids is 1. The Morgan fingerprint density at radius 2 is 2.06 bits per heavy atom. The lowest BCUT2D eigenvalue weighted by Crippen LogP contribution is -2.45. The number of carbonyl (C=O) groups is 1. The van der Waals surface area contributed by atoms with Crippen LogP contribution in [0.15, 0.2) is 36.8 Å². The standard InChI is InChI=1S/C22H24F3N7O/c1-4-17-21(33)30-20-13(2)29-19(8-18(20)31(17)3)27-9-14-10-28-32(11-14)12-16-7-15(5-6-26-16)22(23,24)25/h5-8,10-11,17H,4,9,12H2,1-3H3,(H,27,29)(H,30,33)/t17-/m0/s1. The van der Waals surface area contributed by atoms with E-state index in [0.29, 0.717) is 30.2 Å². The van der Waals surface area contributed by atoms with Crippen molar-refractivity contribution in [2.24, 2.45) is 0 Å². The monoisotopic (exact) mass is 459 g/mol. The van der Waals surface area contributed by atoms with Crippen molar-refractivity contribution < 1.29 is 18.0 Å². The third-order valence-corrected chi connectivity index (χ3v) is 5.59. The Kier molecular flexibility index (Phi) is 5.96. The SMILES string of the molecule is CC[C@H]1C(=O)Nc2c(cc(NCc3cnn(Cc4cc(C(F)(F)F)ccn4)c3)nc2C)N1C. The van der Waals surface area contributed by atoms with Crippen molar-refractivity contribution in [3.05, 3.63) is 59.3 Å². The number of halogens is 3. The molecule has 8 nitrogen and oxygen atoms in total. The van der Waals surface area contributed by atoms with Gasteiger partial charge in [-0.15, -0.1) is 0 Å². The smallest absolute Gasteiger partial charge is 0.366 e. The molecule has 1 atom stereocenters. The zero-order chi connectivity index (χ0) is 23.8. The van der Waals surface area contributed by atoms with E-state index in [1.54, 1.807) is 17.1 Å². The van der Waals surface area contributed by atoms with Gasteiger partial charge >= 0.3 is 6.18 Å². The van der Waals surface area contributed by atoms with Crippen LogP contribution in [0, 0.1) is 6.92 Å². The van der Waals surface area contributed by atoms with E-state index in [4.69, 9.17) is 0 Å². The van der Waals surface area contributed by atoms with Gasteiger partial charge in [0.1, 0.15) is 11.9 Å². The molecule has 1 amide bonds. The molecule has 0 aliphatic carbocycles. The zero-order valence-electron chi connectivity index (χ0n) is 18.4. The highest BCUT2D eigenvalue weighted by Gasteiger charge is 2.31. The maximum Gasteiger partial charge on any atom is 0.416 e. The van der Waals surface area contributed by atoms with Crippen LogP contribution < -0.4 is 15.5 Å². The number of aromatic nitrogens is 4. The molecular formula is C22H24F3N7O. The number of amides is 1. The van der Waals surface area contributed by atoms with Gasteiger partial charge in [-0.2, -0.15) is 18.3 Å². The first kappa shape index (κ1) is 22.6. The molecule has 3 aromatic heterocycles. The molecule has 174 valence electrons. The fraction of sp³-hybridized carbons (Fsp3) is 0.364. The summed E-state index contributed by atoms with van der Waals surface area (Å²) in [4.78, 5) is 22.8. The molecule has 0 saturated carbocycles. The van der Waals surface area contributed by atoms with Gasteiger partial charge in [0.15, 0.2) is 0 Å². The molecule has 4 heterocycles. The summed E-state index contributed by atoms with van der Waals surface area (Å²) in [5.74, 6) is 0.609. The van der Waals surface area contributed by atoms with Gasteiger partial charge in [-0.25, -0.2) is 4.98 Å². The molecule has 1 aliphatic heterocycles. The van der Waals surface area contributed by atoms with Crippen molar-refractivity contribution in [3.63, 3.8) is 0 Å². The average molecular weight is 459 g/mol. The van der Waals surface area contributed by atoms with Crippen molar-refractivity contribution in [1.29, 1.82) is 0 Å². The van der Waals surface area contributed by atoms with Crippen LogP contribution in [0.25, 0.3) is 0 Å². The van der Waals surface area contributed by atoms with Gasteiger partial charge in [-0.3, -0.25) is 14.5 Å². The fourth-order valence-electron chi connectivity index (χ4n) is 3.87. The Bertz CT molecular complexity index is 1180. The van der Waals surface area contributed by atoms with Crippen LogP contribution in [0.1, 0.15) is 35.9 Å². The third kappa shape index (κ3) is 4.76. The molecule has 11 heteroatoms. The van der Waals surface area contributed by atoms with Gasteiger partial charge in [0, 0.05) is 37.6 Å². The second kappa shape index (κ2) is 8.72. The summed E-state index contributed by atoms with van der Waals surface area (Å²) in [7, 11) is 1.89. The van der Waals surface area contributed by atoms with Gasteiger partial charge in [0.2, 0.25) is 5.91 Å². The van der Waals surface area contributed by atoms with Crippen LogP contribution in [0.4, 0.5) is 30.4 Å². The van der Waals surface area contributed by atoms with Crippen molar-refractivity contribution in [3.8, 4) is 0 Å². The first-order valence-corrected chi connectivity index (χ1v) is 10.5. The number of anilines is 3. The minimum absolute atomic E-state index is 0.0409. The Hall–Kier alpha value is -3.63. The highest BCUT2D eigenvalue weighted by atomic mass is 19.4. The number of rotatable bonds is 6. The molecule has 0 spiro atoms. The number of pyridine rings is 2. The summed E-state index contributed by atoms with van der Waals surface area (Å²) >= 11 is 0. The minimum Gasteiger partial charge on any atom is -0.366 e. The summed E-state index contributed by atoms with van der Waals surface area (Å²) in [5.41, 5.74) is 2.68. The van der Waals surface area contributed by atoms with Gasteiger partial charge in [0.25, 0.3) is 0 Å². The lowest BCUT2D eigenvalue weighted by molar-refractivity contribution is -0.137. The van der Waals surface area contributed by atoms with E-state index in [-0.39, 0.29) is 24.2 Å². The van der Waals surface area contributed by atoms with E-state index in [1.165, 1.54) is 0 Å². The molecule has 0 saturated heterocycles. The number of hydrogen-bond acceptors (Lipinski definition) is 6. The molecule has 4 rings (SSSR count). The molecule has 0 fully saturated rings. The second-order valence-corrected chi connectivity index (χ2v) is 7.94. The lowest BCUT2D eigenvalue weighted by Gasteiger charge is -2.35. The van der Waals surface area contributed by atoms with Crippen molar-refractivity contribution in [2.45, 2.75) is 45.6 Å². The molecule has 33 heavy (non-hydrogen) atoms. The average Bonchev–Trinajstić information content (AvgIpc) is 3.20. The normalized spacial score (nSPS) is 15.9. The van der Waals surface area contributed by atoms with Crippen molar-refractivity contribution in [1.82, 2.24) is 19.7 Å². The summed E-state index contributed by atoms with van der Waals surface area (Å²) in [6, 6.07) is 3.62. The summed E-state index contributed by atoms with van der Waals surface area (Å²) < 4.78 is 40.3. The van der Waals surface area contributed by atoms with Crippen LogP contribution >= 0.6 is 0 Å². The van der Waals surface area contributed by atoms with E-state index in [0.717, 1.165) is 29.6 Å². The first-order chi connectivity index (χ1) is 15.7. The quantitative estimate of drug-likeness (QED) is 0.583. The Labute approximate surface area is 188 Å². The van der Waals surface area contributed by atoms with Gasteiger partial charge in [-0.1, -0.05) is 6.92 Å². The van der Waals surface area contributed by atoms with Crippen LogP contribution in [0.2, 0.25) is 0 Å². The Balaban J connectivity index is 1.45. The number of nitrogens with one attached hydrogen (secondary N) is 2. The number of aryl methyl sites for hydroxylation is 1. The van der Waals surface area contributed by atoms with Gasteiger partial charge < -0.3 is 15.5 Å². The van der Waals surface area contributed by atoms with Crippen molar-refractivity contribution in [2.75, 3.05) is 22.6 Å².